The lowest BCUT2D eigenvalue weighted by Gasteiger charge is -2.42. The molecule has 0 spiro atoms. The number of hydrogen-bond donors (Lipinski definition) is 3. The average molecular weight is 212 g/mol. The second-order valence-electron chi connectivity index (χ2n) is 3.26. The molecule has 0 amide bonds. The lowest BCUT2D eigenvalue weighted by atomic mass is 9.93. The number of aliphatic carboxylic acids is 1. The Kier molecular flexibility index (Phi) is 3.33. The van der Waals surface area contributed by atoms with Gasteiger partial charge >= 0.3 is 12.1 Å². The maximum atomic E-state index is 10.6. The van der Waals surface area contributed by atoms with E-state index >= 15 is 0 Å². The first kappa shape index (κ1) is 11.3. The Hall–Kier alpha value is -0.820. The summed E-state index contributed by atoms with van der Waals surface area (Å²) in [5.41, 5.74) is 0. The van der Waals surface area contributed by atoms with Crippen molar-refractivity contribution in [2.24, 2.45) is 0 Å². The van der Waals surface area contributed by atoms with Crippen LogP contribution in [0.5, 0.6) is 0 Å². The fraction of sp³-hybridized carbons (Fsp3) is 0.857. The van der Waals surface area contributed by atoms with Gasteiger partial charge in [0.2, 0.25) is 0 Å². The van der Waals surface area contributed by atoms with E-state index < -0.39 is 12.1 Å². The smallest absolute Gasteiger partial charge is 0.475 e. The number of carboxylic acids is 1. The first-order valence-electron chi connectivity index (χ1n) is 4.16. The van der Waals surface area contributed by atoms with Crippen LogP contribution in [-0.2, 0) is 4.79 Å². The largest absolute Gasteiger partial charge is 0.490 e. The van der Waals surface area contributed by atoms with E-state index in [1.807, 2.05) is 0 Å². The zero-order valence-corrected chi connectivity index (χ0v) is 7.27. The van der Waals surface area contributed by atoms with Crippen LogP contribution in [0.15, 0.2) is 0 Å². The predicted molar refractivity (Wildman–Crippen MR) is 41.9 cm³/mol. The Morgan fingerprint density at radius 3 is 1.71 bits per heavy atom. The number of carbonyl (C=O) groups is 1. The van der Waals surface area contributed by atoms with Crippen molar-refractivity contribution in [2.75, 3.05) is 13.1 Å². The molecule has 2 bridgehead atoms. The minimum absolute atomic E-state index is 0.818. The third-order valence-corrected chi connectivity index (χ3v) is 2.06. The van der Waals surface area contributed by atoms with E-state index in [1.54, 1.807) is 0 Å². The van der Waals surface area contributed by atoms with E-state index in [0.717, 1.165) is 12.1 Å². The normalized spacial score (nSPS) is 29.6. The molecule has 3 N–H and O–H groups in total. The monoisotopic (exact) mass is 212 g/mol. The number of carboxylic acid groups (broad SMARTS) is 1. The molecule has 2 unspecified atom stereocenters. The molecular weight excluding hydrogens is 201 g/mol. The molecule has 3 saturated heterocycles. The van der Waals surface area contributed by atoms with Crippen molar-refractivity contribution >= 4 is 5.97 Å². The summed E-state index contributed by atoms with van der Waals surface area (Å²) in [6, 6.07) is 1.64. The fourth-order valence-electron chi connectivity index (χ4n) is 1.37. The van der Waals surface area contributed by atoms with Gasteiger partial charge in [0.15, 0.2) is 0 Å². The third kappa shape index (κ3) is 3.15. The summed E-state index contributed by atoms with van der Waals surface area (Å²) >= 11 is 0. The van der Waals surface area contributed by atoms with E-state index in [4.69, 9.17) is 9.90 Å². The van der Waals surface area contributed by atoms with Gasteiger partial charge in [0.1, 0.15) is 0 Å². The predicted octanol–water partition coefficient (Wildman–Crippen LogP) is -0.0466. The minimum atomic E-state index is -5.08. The van der Waals surface area contributed by atoms with E-state index in [9.17, 15) is 13.2 Å². The lowest BCUT2D eigenvalue weighted by molar-refractivity contribution is -0.192. The van der Waals surface area contributed by atoms with Gasteiger partial charge in [0, 0.05) is 25.2 Å². The van der Waals surface area contributed by atoms with Crippen LogP contribution in [0.25, 0.3) is 0 Å². The van der Waals surface area contributed by atoms with E-state index in [0.29, 0.717) is 0 Å². The van der Waals surface area contributed by atoms with Crippen LogP contribution in [0.1, 0.15) is 6.42 Å². The zero-order chi connectivity index (χ0) is 10.8. The zero-order valence-electron chi connectivity index (χ0n) is 7.27. The Bertz CT molecular complexity index is 200. The molecule has 3 aliphatic rings. The Morgan fingerprint density at radius 2 is 1.64 bits per heavy atom. The highest BCUT2D eigenvalue weighted by atomic mass is 19.4. The van der Waals surface area contributed by atoms with Crippen molar-refractivity contribution in [1.82, 2.24) is 10.6 Å². The van der Waals surface area contributed by atoms with Gasteiger partial charge in [-0.05, 0) is 6.42 Å². The number of fused-ring (bicyclic) bond motifs is 2. The van der Waals surface area contributed by atoms with Crippen LogP contribution in [0.2, 0.25) is 0 Å². The minimum Gasteiger partial charge on any atom is -0.475 e. The molecule has 3 aliphatic heterocycles. The molecule has 0 saturated carbocycles. The summed E-state index contributed by atoms with van der Waals surface area (Å²) < 4.78 is 31.7. The summed E-state index contributed by atoms with van der Waals surface area (Å²) in [5.74, 6) is -2.76. The van der Waals surface area contributed by atoms with Crippen LogP contribution in [-0.4, -0.2) is 42.4 Å². The molecule has 0 aromatic rings. The van der Waals surface area contributed by atoms with E-state index in [1.165, 1.54) is 19.5 Å². The van der Waals surface area contributed by atoms with Gasteiger partial charge in [-0.2, -0.15) is 13.2 Å². The van der Waals surface area contributed by atoms with Gasteiger partial charge in [-0.15, -0.1) is 0 Å². The Labute approximate surface area is 78.5 Å². The third-order valence-electron chi connectivity index (χ3n) is 2.06. The topological polar surface area (TPSA) is 61.4 Å². The van der Waals surface area contributed by atoms with Gasteiger partial charge in [0.05, 0.1) is 0 Å². The summed E-state index contributed by atoms with van der Waals surface area (Å²) in [7, 11) is 0. The number of piperidine rings is 1. The molecule has 7 heteroatoms. The lowest BCUT2D eigenvalue weighted by Crippen LogP contribution is -2.65. The summed E-state index contributed by atoms with van der Waals surface area (Å²) in [4.78, 5) is 8.90. The second-order valence-corrected chi connectivity index (χ2v) is 3.26. The Balaban J connectivity index is 0.000000140. The maximum Gasteiger partial charge on any atom is 0.490 e. The summed E-state index contributed by atoms with van der Waals surface area (Å²) in [5, 5.41) is 13.9. The number of rotatable bonds is 0. The van der Waals surface area contributed by atoms with Crippen molar-refractivity contribution < 1.29 is 23.1 Å². The SMILES string of the molecule is C1NCC2CC1N2.O=C(O)C(F)(F)F. The highest BCUT2D eigenvalue weighted by Gasteiger charge is 2.38. The molecule has 0 aromatic heterocycles. The molecule has 2 atom stereocenters. The number of piperazine rings is 1. The van der Waals surface area contributed by atoms with Crippen LogP contribution in [0, 0.1) is 0 Å². The van der Waals surface area contributed by atoms with Crippen molar-refractivity contribution in [2.45, 2.75) is 24.7 Å². The van der Waals surface area contributed by atoms with Gasteiger partial charge in [-0.1, -0.05) is 0 Å². The number of hydrogen-bond acceptors (Lipinski definition) is 3. The van der Waals surface area contributed by atoms with Crippen molar-refractivity contribution in [3.05, 3.63) is 0 Å². The molecule has 4 nitrogen and oxygen atoms in total. The molecular formula is C7H11F3N2O2. The van der Waals surface area contributed by atoms with E-state index in [2.05, 4.69) is 10.6 Å². The van der Waals surface area contributed by atoms with Crippen LogP contribution in [0.4, 0.5) is 13.2 Å². The van der Waals surface area contributed by atoms with Crippen LogP contribution >= 0.6 is 0 Å². The fourth-order valence-corrected chi connectivity index (χ4v) is 1.37. The Morgan fingerprint density at radius 1 is 1.29 bits per heavy atom. The average Bonchev–Trinajstić information content (AvgIpc) is 2.03. The van der Waals surface area contributed by atoms with Gasteiger partial charge in [0.25, 0.3) is 0 Å². The first-order chi connectivity index (χ1) is 6.39. The standard InChI is InChI=1S/C5H10N2.C2HF3O2/c1-4-2-6-3-5(1)7-4;3-2(4,5)1(6)7/h4-7H,1-3H2;(H,6,7). The molecule has 3 rings (SSSR count). The van der Waals surface area contributed by atoms with Crippen LogP contribution in [0.3, 0.4) is 0 Å². The number of halogens is 3. The molecule has 3 heterocycles. The highest BCUT2D eigenvalue weighted by molar-refractivity contribution is 5.73. The molecule has 3 fully saturated rings. The quantitative estimate of drug-likeness (QED) is 0.527. The van der Waals surface area contributed by atoms with Crippen molar-refractivity contribution in [1.29, 1.82) is 0 Å². The van der Waals surface area contributed by atoms with Gasteiger partial charge < -0.3 is 15.7 Å². The van der Waals surface area contributed by atoms with Gasteiger partial charge in [-0.25, -0.2) is 4.79 Å². The number of nitrogens with one attached hydrogen (secondary N) is 2. The van der Waals surface area contributed by atoms with Crippen molar-refractivity contribution in [3.63, 3.8) is 0 Å². The number of alkyl halides is 3. The second kappa shape index (κ2) is 4.14. The molecule has 82 valence electrons. The first-order valence-corrected chi connectivity index (χ1v) is 4.16. The molecule has 0 aromatic carbocycles. The van der Waals surface area contributed by atoms with E-state index in [-0.39, 0.29) is 0 Å². The molecule has 0 radical (unpaired) electrons. The summed E-state index contributed by atoms with van der Waals surface area (Å²) in [6.07, 6.45) is -3.67. The highest BCUT2D eigenvalue weighted by Crippen LogP contribution is 2.13. The summed E-state index contributed by atoms with van der Waals surface area (Å²) in [6.45, 7) is 2.38. The van der Waals surface area contributed by atoms with Crippen LogP contribution < -0.4 is 10.6 Å². The van der Waals surface area contributed by atoms with Crippen molar-refractivity contribution in [3.8, 4) is 0 Å². The molecule has 0 aliphatic carbocycles. The van der Waals surface area contributed by atoms with Gasteiger partial charge in [-0.3, -0.25) is 0 Å². The maximum absolute atomic E-state index is 10.6. The molecule has 14 heavy (non-hydrogen) atoms.